The highest BCUT2D eigenvalue weighted by Gasteiger charge is 2.45. The van der Waals surface area contributed by atoms with E-state index < -0.39 is 10.0 Å². The van der Waals surface area contributed by atoms with Gasteiger partial charge in [0, 0.05) is 22.5 Å². The first-order chi connectivity index (χ1) is 9.06. The largest absolute Gasteiger partial charge is 0.256 e. The molecule has 0 unspecified atom stereocenters. The van der Waals surface area contributed by atoms with E-state index in [1.54, 1.807) is 30.5 Å². The Kier molecular flexibility index (Phi) is 3.11. The lowest BCUT2D eigenvalue weighted by molar-refractivity contribution is 0.562. The summed E-state index contributed by atoms with van der Waals surface area (Å²) in [4.78, 5) is 4.48. The van der Waals surface area contributed by atoms with Crippen LogP contribution in [-0.2, 0) is 10.0 Å². The lowest BCUT2D eigenvalue weighted by Gasteiger charge is -2.15. The predicted octanol–water partition coefficient (Wildman–Crippen LogP) is 2.44. The summed E-state index contributed by atoms with van der Waals surface area (Å²) in [5.41, 5.74) is 0.387. The van der Waals surface area contributed by atoms with Crippen molar-refractivity contribution in [3.63, 3.8) is 0 Å². The van der Waals surface area contributed by atoms with Crippen molar-refractivity contribution >= 4 is 36.9 Å². The number of hydrogen-bond donors (Lipinski definition) is 1. The van der Waals surface area contributed by atoms with Crippen LogP contribution in [0.15, 0.2) is 41.4 Å². The van der Waals surface area contributed by atoms with Gasteiger partial charge in [-0.15, -0.1) is 0 Å². The Hall–Kier alpha value is -0.980. The fourth-order valence-electron chi connectivity index (χ4n) is 2.06. The number of aromatic nitrogens is 1. The molecule has 1 saturated carbocycles. The molecule has 0 amide bonds. The zero-order valence-corrected chi connectivity index (χ0v) is 12.5. The van der Waals surface area contributed by atoms with E-state index in [1.165, 1.54) is 0 Å². The molecule has 0 aliphatic heterocycles. The fraction of sp³-hybridized carbons (Fsp3) is 0.308. The van der Waals surface area contributed by atoms with Crippen LogP contribution in [0.2, 0.25) is 0 Å². The van der Waals surface area contributed by atoms with Gasteiger partial charge in [-0.3, -0.25) is 4.98 Å². The van der Waals surface area contributed by atoms with Crippen molar-refractivity contribution in [3.05, 3.63) is 36.5 Å². The van der Waals surface area contributed by atoms with Crippen LogP contribution >= 0.6 is 15.9 Å². The molecular formula is C13H13BrN2O2S. The smallest absolute Gasteiger partial charge is 0.241 e. The van der Waals surface area contributed by atoms with E-state index >= 15 is 0 Å². The average molecular weight is 341 g/mol. The molecule has 0 bridgehead atoms. The number of rotatable bonds is 4. The average Bonchev–Trinajstić information content (AvgIpc) is 3.17. The molecule has 100 valence electrons. The van der Waals surface area contributed by atoms with Gasteiger partial charge in [-0.25, -0.2) is 13.1 Å². The minimum absolute atomic E-state index is 0.297. The summed E-state index contributed by atoms with van der Waals surface area (Å²) in [6.45, 7) is 0. The molecule has 0 spiro atoms. The monoisotopic (exact) mass is 340 g/mol. The van der Waals surface area contributed by atoms with Crippen molar-refractivity contribution in [3.8, 4) is 0 Å². The Morgan fingerprint density at radius 2 is 2.05 bits per heavy atom. The topological polar surface area (TPSA) is 59.1 Å². The van der Waals surface area contributed by atoms with Crippen LogP contribution in [0.3, 0.4) is 0 Å². The Morgan fingerprint density at radius 1 is 1.26 bits per heavy atom. The number of fused-ring (bicyclic) bond motifs is 1. The molecule has 0 saturated heterocycles. The Balaban J connectivity index is 2.08. The number of hydrogen-bond acceptors (Lipinski definition) is 3. The highest BCUT2D eigenvalue weighted by Crippen LogP contribution is 2.38. The molecule has 1 aliphatic rings. The van der Waals surface area contributed by atoms with Gasteiger partial charge >= 0.3 is 0 Å². The van der Waals surface area contributed by atoms with E-state index in [1.807, 2.05) is 6.07 Å². The maximum Gasteiger partial charge on any atom is 0.241 e. The van der Waals surface area contributed by atoms with E-state index in [0.717, 1.165) is 12.8 Å². The first-order valence-electron chi connectivity index (χ1n) is 6.00. The van der Waals surface area contributed by atoms with Crippen LogP contribution in [0.5, 0.6) is 0 Å². The first-order valence-corrected chi connectivity index (χ1v) is 8.61. The van der Waals surface area contributed by atoms with Crippen LogP contribution in [0.4, 0.5) is 0 Å². The number of nitrogens with one attached hydrogen (secondary N) is 1. The van der Waals surface area contributed by atoms with E-state index in [4.69, 9.17) is 0 Å². The van der Waals surface area contributed by atoms with Crippen molar-refractivity contribution in [1.82, 2.24) is 9.71 Å². The van der Waals surface area contributed by atoms with E-state index in [2.05, 4.69) is 25.6 Å². The minimum Gasteiger partial charge on any atom is -0.256 e. The molecule has 1 fully saturated rings. The second-order valence-electron chi connectivity index (χ2n) is 4.85. The van der Waals surface area contributed by atoms with E-state index in [0.29, 0.717) is 21.1 Å². The summed E-state index contributed by atoms with van der Waals surface area (Å²) in [6.07, 6.45) is 3.41. The molecule has 4 nitrogen and oxygen atoms in total. The Labute approximate surface area is 120 Å². The number of benzene rings is 1. The molecule has 1 heterocycles. The quantitative estimate of drug-likeness (QED) is 0.869. The number of sulfonamides is 1. The highest BCUT2D eigenvalue weighted by atomic mass is 79.9. The molecule has 0 atom stereocenters. The third kappa shape index (κ3) is 2.40. The molecule has 1 aromatic carbocycles. The second-order valence-corrected chi connectivity index (χ2v) is 7.06. The van der Waals surface area contributed by atoms with Gasteiger partial charge in [-0.05, 0) is 37.1 Å². The Morgan fingerprint density at radius 3 is 2.74 bits per heavy atom. The van der Waals surface area contributed by atoms with Gasteiger partial charge in [-0.1, -0.05) is 22.0 Å². The summed E-state index contributed by atoms with van der Waals surface area (Å²) >= 11 is 3.37. The molecular weight excluding hydrogens is 328 g/mol. The van der Waals surface area contributed by atoms with Gasteiger partial charge in [-0.2, -0.15) is 0 Å². The van der Waals surface area contributed by atoms with Crippen LogP contribution in [0, 0.1) is 0 Å². The summed E-state index contributed by atoms with van der Waals surface area (Å²) < 4.78 is 27.8. The maximum absolute atomic E-state index is 12.5. The molecule has 2 aromatic rings. The zero-order chi connectivity index (χ0) is 13.5. The van der Waals surface area contributed by atoms with E-state index in [9.17, 15) is 8.42 Å². The van der Waals surface area contributed by atoms with Gasteiger partial charge < -0.3 is 0 Å². The maximum atomic E-state index is 12.5. The third-order valence-electron chi connectivity index (χ3n) is 3.36. The van der Waals surface area contributed by atoms with Crippen molar-refractivity contribution in [2.75, 3.05) is 5.33 Å². The molecule has 19 heavy (non-hydrogen) atoms. The van der Waals surface area contributed by atoms with Gasteiger partial charge in [0.25, 0.3) is 0 Å². The van der Waals surface area contributed by atoms with Gasteiger partial charge in [0.15, 0.2) is 0 Å². The van der Waals surface area contributed by atoms with Crippen LogP contribution in [-0.4, -0.2) is 24.3 Å². The van der Waals surface area contributed by atoms with Crippen molar-refractivity contribution in [2.45, 2.75) is 23.3 Å². The van der Waals surface area contributed by atoms with Gasteiger partial charge in [0.2, 0.25) is 10.0 Å². The van der Waals surface area contributed by atoms with Crippen LogP contribution < -0.4 is 4.72 Å². The van der Waals surface area contributed by atoms with Crippen LogP contribution in [0.1, 0.15) is 12.8 Å². The lowest BCUT2D eigenvalue weighted by atomic mass is 10.2. The van der Waals surface area contributed by atoms with Gasteiger partial charge in [0.05, 0.1) is 10.4 Å². The third-order valence-corrected chi connectivity index (χ3v) is 6.07. The Bertz CT molecular complexity index is 721. The number of alkyl halides is 1. The van der Waals surface area contributed by atoms with Crippen molar-refractivity contribution in [1.29, 1.82) is 0 Å². The summed E-state index contributed by atoms with van der Waals surface area (Å²) in [5, 5.41) is 1.30. The number of nitrogens with zero attached hydrogens (tertiary/aromatic N) is 1. The highest BCUT2D eigenvalue weighted by molar-refractivity contribution is 9.09. The van der Waals surface area contributed by atoms with Crippen LogP contribution in [0.25, 0.3) is 10.9 Å². The molecule has 0 radical (unpaired) electrons. The minimum atomic E-state index is -3.51. The molecule has 1 N–H and O–H groups in total. The van der Waals surface area contributed by atoms with Gasteiger partial charge in [0.1, 0.15) is 0 Å². The molecule has 1 aromatic heterocycles. The number of halogens is 1. The fourth-order valence-corrected chi connectivity index (χ4v) is 4.63. The van der Waals surface area contributed by atoms with E-state index in [-0.39, 0.29) is 5.54 Å². The zero-order valence-electron chi connectivity index (χ0n) is 10.1. The normalized spacial score (nSPS) is 17.5. The number of pyridine rings is 1. The molecule has 3 rings (SSSR count). The lowest BCUT2D eigenvalue weighted by Crippen LogP contribution is -2.38. The summed E-state index contributed by atoms with van der Waals surface area (Å²) in [5.74, 6) is 0. The standard InChI is InChI=1S/C13H13BrN2O2S/c14-9-13(6-7-13)16-19(17,18)12-5-1-4-11-10(12)3-2-8-15-11/h1-5,8,16H,6-7,9H2. The molecule has 1 aliphatic carbocycles. The predicted molar refractivity (Wildman–Crippen MR) is 77.8 cm³/mol. The van der Waals surface area contributed by atoms with Crippen molar-refractivity contribution in [2.24, 2.45) is 0 Å². The second kappa shape index (κ2) is 4.54. The summed E-state index contributed by atoms with van der Waals surface area (Å²) in [7, 11) is -3.51. The van der Waals surface area contributed by atoms with Crippen molar-refractivity contribution < 1.29 is 8.42 Å². The first kappa shape index (κ1) is 13.0. The SMILES string of the molecule is O=S(=O)(NC1(CBr)CC1)c1cccc2ncccc12. The molecule has 6 heteroatoms. The summed E-state index contributed by atoms with van der Waals surface area (Å²) in [6, 6.07) is 8.68.